The molecule has 20 heavy (non-hydrogen) atoms. The summed E-state index contributed by atoms with van der Waals surface area (Å²) in [6.07, 6.45) is 0.0669. The fourth-order valence-corrected chi connectivity index (χ4v) is 2.89. The van der Waals surface area contributed by atoms with Crippen molar-refractivity contribution in [2.45, 2.75) is 13.3 Å². The first kappa shape index (κ1) is 14.3. The SMILES string of the molecule is COC(=O)[C@@H](C)CC(=O)c1cc2cc(O)c(O)cc2s1. The molecule has 0 amide bonds. The van der Waals surface area contributed by atoms with Crippen LogP contribution in [-0.4, -0.2) is 29.1 Å². The summed E-state index contributed by atoms with van der Waals surface area (Å²) in [5, 5.41) is 19.5. The van der Waals surface area contributed by atoms with E-state index in [0.29, 0.717) is 15.0 Å². The van der Waals surface area contributed by atoms with Crippen molar-refractivity contribution in [1.29, 1.82) is 0 Å². The molecule has 0 saturated carbocycles. The number of phenolic OH excluding ortho intramolecular Hbond substituents is 2. The first-order chi connectivity index (χ1) is 9.42. The van der Waals surface area contributed by atoms with Crippen LogP contribution in [0.4, 0.5) is 0 Å². The third kappa shape index (κ3) is 2.75. The van der Waals surface area contributed by atoms with Gasteiger partial charge in [-0.15, -0.1) is 11.3 Å². The number of hydrogen-bond donors (Lipinski definition) is 2. The Morgan fingerprint density at radius 1 is 1.25 bits per heavy atom. The molecule has 0 bridgehead atoms. The lowest BCUT2D eigenvalue weighted by atomic mass is 10.0. The first-order valence-corrected chi connectivity index (χ1v) is 6.80. The number of ketones is 1. The number of aromatic hydroxyl groups is 2. The van der Waals surface area contributed by atoms with E-state index in [4.69, 9.17) is 0 Å². The van der Waals surface area contributed by atoms with Crippen molar-refractivity contribution in [3.63, 3.8) is 0 Å². The van der Waals surface area contributed by atoms with E-state index >= 15 is 0 Å². The Morgan fingerprint density at radius 2 is 1.90 bits per heavy atom. The molecular formula is C14H14O5S. The van der Waals surface area contributed by atoms with Gasteiger partial charge in [0.2, 0.25) is 0 Å². The highest BCUT2D eigenvalue weighted by Crippen LogP contribution is 2.35. The Kier molecular flexibility index (Phi) is 3.94. The van der Waals surface area contributed by atoms with Gasteiger partial charge in [0.15, 0.2) is 17.3 Å². The maximum atomic E-state index is 12.1. The van der Waals surface area contributed by atoms with E-state index in [1.54, 1.807) is 13.0 Å². The van der Waals surface area contributed by atoms with Gasteiger partial charge < -0.3 is 14.9 Å². The van der Waals surface area contributed by atoms with Crippen LogP contribution in [0.5, 0.6) is 11.5 Å². The summed E-state index contributed by atoms with van der Waals surface area (Å²) in [6, 6.07) is 4.46. The summed E-state index contributed by atoms with van der Waals surface area (Å²) in [4.78, 5) is 23.9. The largest absolute Gasteiger partial charge is 0.504 e. The van der Waals surface area contributed by atoms with Crippen LogP contribution in [0.15, 0.2) is 18.2 Å². The van der Waals surface area contributed by atoms with E-state index < -0.39 is 11.9 Å². The summed E-state index contributed by atoms with van der Waals surface area (Å²) in [5.74, 6) is -1.53. The quantitative estimate of drug-likeness (QED) is 0.514. The van der Waals surface area contributed by atoms with Crippen molar-refractivity contribution in [3.8, 4) is 11.5 Å². The molecule has 2 rings (SSSR count). The highest BCUT2D eigenvalue weighted by atomic mass is 32.1. The van der Waals surface area contributed by atoms with E-state index in [0.717, 1.165) is 0 Å². The third-order valence-corrected chi connectivity index (χ3v) is 4.12. The fourth-order valence-electron chi connectivity index (χ4n) is 1.86. The molecule has 0 spiro atoms. The van der Waals surface area contributed by atoms with Crippen LogP contribution in [0.25, 0.3) is 10.1 Å². The van der Waals surface area contributed by atoms with Crippen LogP contribution in [0.1, 0.15) is 23.0 Å². The van der Waals surface area contributed by atoms with Crippen LogP contribution in [0, 0.1) is 5.92 Å². The zero-order valence-corrected chi connectivity index (χ0v) is 11.9. The monoisotopic (exact) mass is 294 g/mol. The molecular weight excluding hydrogens is 280 g/mol. The molecule has 5 nitrogen and oxygen atoms in total. The second-order valence-electron chi connectivity index (χ2n) is 4.54. The lowest BCUT2D eigenvalue weighted by molar-refractivity contribution is -0.144. The first-order valence-electron chi connectivity index (χ1n) is 5.99. The van der Waals surface area contributed by atoms with Crippen molar-refractivity contribution >= 4 is 33.2 Å². The number of carbonyl (C=O) groups is 2. The van der Waals surface area contributed by atoms with Crippen LogP contribution in [0.3, 0.4) is 0 Å². The van der Waals surface area contributed by atoms with E-state index in [2.05, 4.69) is 4.74 Å². The zero-order valence-electron chi connectivity index (χ0n) is 11.0. The average molecular weight is 294 g/mol. The molecule has 2 aromatic rings. The number of ether oxygens (including phenoxy) is 1. The molecule has 0 radical (unpaired) electrons. The molecule has 0 aliphatic carbocycles. The number of fused-ring (bicyclic) bond motifs is 1. The van der Waals surface area contributed by atoms with Crippen molar-refractivity contribution in [2.75, 3.05) is 7.11 Å². The van der Waals surface area contributed by atoms with Gasteiger partial charge >= 0.3 is 5.97 Å². The highest BCUT2D eigenvalue weighted by molar-refractivity contribution is 7.20. The van der Waals surface area contributed by atoms with Crippen molar-refractivity contribution < 1.29 is 24.5 Å². The van der Waals surface area contributed by atoms with E-state index in [1.807, 2.05) is 0 Å². The molecule has 0 aliphatic rings. The second-order valence-corrected chi connectivity index (χ2v) is 5.62. The van der Waals surface area contributed by atoms with Crippen molar-refractivity contribution in [1.82, 2.24) is 0 Å². The lowest BCUT2D eigenvalue weighted by Crippen LogP contribution is -2.16. The minimum atomic E-state index is -0.500. The Balaban J connectivity index is 2.25. The number of carbonyl (C=O) groups excluding carboxylic acids is 2. The Bertz CT molecular complexity index is 634. The molecule has 1 aromatic carbocycles. The van der Waals surface area contributed by atoms with Gasteiger partial charge in [-0.25, -0.2) is 0 Å². The van der Waals surface area contributed by atoms with Gasteiger partial charge in [-0.3, -0.25) is 9.59 Å². The number of rotatable bonds is 4. The molecule has 1 atom stereocenters. The maximum absolute atomic E-state index is 12.1. The van der Waals surface area contributed by atoms with Gasteiger partial charge in [0.05, 0.1) is 17.9 Å². The minimum absolute atomic E-state index is 0.0669. The molecule has 6 heteroatoms. The van der Waals surface area contributed by atoms with Crippen LogP contribution in [-0.2, 0) is 9.53 Å². The molecule has 0 fully saturated rings. The normalized spacial score (nSPS) is 12.3. The molecule has 0 aliphatic heterocycles. The summed E-state index contributed by atoms with van der Waals surface area (Å²) in [7, 11) is 1.29. The Morgan fingerprint density at radius 3 is 2.55 bits per heavy atom. The van der Waals surface area contributed by atoms with E-state index in [9.17, 15) is 19.8 Å². The van der Waals surface area contributed by atoms with Gasteiger partial charge in [-0.1, -0.05) is 6.92 Å². The van der Waals surface area contributed by atoms with Gasteiger partial charge in [-0.05, 0) is 17.5 Å². The van der Waals surface area contributed by atoms with Crippen LogP contribution >= 0.6 is 11.3 Å². The molecule has 0 unspecified atom stereocenters. The average Bonchev–Trinajstić information content (AvgIpc) is 2.81. The number of methoxy groups -OCH3 is 1. The van der Waals surface area contributed by atoms with Gasteiger partial charge in [0.25, 0.3) is 0 Å². The van der Waals surface area contributed by atoms with Gasteiger partial charge in [-0.2, -0.15) is 0 Å². The maximum Gasteiger partial charge on any atom is 0.308 e. The topological polar surface area (TPSA) is 83.8 Å². The van der Waals surface area contributed by atoms with Crippen molar-refractivity contribution in [2.24, 2.45) is 5.92 Å². The number of Topliss-reactive ketones (excluding diaryl/α,β-unsaturated/α-hetero) is 1. The number of phenols is 2. The highest BCUT2D eigenvalue weighted by Gasteiger charge is 2.20. The second kappa shape index (κ2) is 5.50. The Hall–Kier alpha value is -2.08. The lowest BCUT2D eigenvalue weighted by Gasteiger charge is -2.06. The summed E-state index contributed by atoms with van der Waals surface area (Å²) >= 11 is 1.22. The molecule has 0 saturated heterocycles. The molecule has 1 aromatic heterocycles. The van der Waals surface area contributed by atoms with Crippen LogP contribution < -0.4 is 0 Å². The van der Waals surface area contributed by atoms with Gasteiger partial charge in [0.1, 0.15) is 0 Å². The zero-order chi connectivity index (χ0) is 14.9. The van der Waals surface area contributed by atoms with E-state index in [1.165, 1.54) is 30.6 Å². The summed E-state index contributed by atoms with van der Waals surface area (Å²) in [5.41, 5.74) is 0. The number of thiophene rings is 1. The summed E-state index contributed by atoms with van der Waals surface area (Å²) in [6.45, 7) is 1.63. The number of esters is 1. The molecule has 106 valence electrons. The Labute approximate surface area is 119 Å². The third-order valence-electron chi connectivity index (χ3n) is 2.98. The standard InChI is InChI=1S/C14H14O5S/c1-7(14(18)19-2)3-11(17)13-5-8-4-9(15)10(16)6-12(8)20-13/h4-7,15-16H,3H2,1-2H3/t7-/m0/s1. The van der Waals surface area contributed by atoms with Crippen LogP contribution in [0.2, 0.25) is 0 Å². The predicted octanol–water partition coefficient (Wildman–Crippen LogP) is 2.69. The number of hydrogen-bond acceptors (Lipinski definition) is 6. The predicted molar refractivity (Wildman–Crippen MR) is 75.3 cm³/mol. The fraction of sp³-hybridized carbons (Fsp3) is 0.286. The smallest absolute Gasteiger partial charge is 0.308 e. The molecule has 1 heterocycles. The minimum Gasteiger partial charge on any atom is -0.504 e. The van der Waals surface area contributed by atoms with Gasteiger partial charge in [0, 0.05) is 17.2 Å². The summed E-state index contributed by atoms with van der Waals surface area (Å²) < 4.78 is 5.29. The molecule has 2 N–H and O–H groups in total. The van der Waals surface area contributed by atoms with Crippen molar-refractivity contribution in [3.05, 3.63) is 23.1 Å². The van der Waals surface area contributed by atoms with E-state index in [-0.39, 0.29) is 23.7 Å². The number of benzene rings is 1.